The number of hydrogen-bond acceptors (Lipinski definition) is 1. The van der Waals surface area contributed by atoms with E-state index in [1.807, 2.05) is 6.07 Å². The van der Waals surface area contributed by atoms with E-state index >= 15 is 0 Å². The van der Waals surface area contributed by atoms with Gasteiger partial charge in [-0.25, -0.2) is 4.39 Å². The van der Waals surface area contributed by atoms with E-state index in [1.54, 1.807) is 6.07 Å². The van der Waals surface area contributed by atoms with Gasteiger partial charge >= 0.3 is 0 Å². The summed E-state index contributed by atoms with van der Waals surface area (Å²) in [6, 6.07) is 7.53. The topological polar surface area (TPSA) is 3.24 Å². The second kappa shape index (κ2) is 5.44. The smallest absolute Gasteiger partial charge is 0.123 e. The third kappa shape index (κ3) is 2.62. The molecule has 1 fully saturated rings. The predicted molar refractivity (Wildman–Crippen MR) is 64.9 cm³/mol. The van der Waals surface area contributed by atoms with Crippen molar-refractivity contribution in [1.29, 1.82) is 0 Å². The van der Waals surface area contributed by atoms with Crippen molar-refractivity contribution in [3.05, 3.63) is 35.6 Å². The van der Waals surface area contributed by atoms with Crippen LogP contribution in [0.25, 0.3) is 0 Å². The zero-order valence-electron chi connectivity index (χ0n) is 9.95. The predicted octanol–water partition coefficient (Wildman–Crippen LogP) is 3.76. The summed E-state index contributed by atoms with van der Waals surface area (Å²) < 4.78 is 13.2. The minimum Gasteiger partial charge on any atom is -0.296 e. The molecule has 1 nitrogen and oxygen atoms in total. The number of likely N-dealkylation sites (tertiary alicyclic amines) is 1. The van der Waals surface area contributed by atoms with E-state index in [9.17, 15) is 4.39 Å². The van der Waals surface area contributed by atoms with Gasteiger partial charge in [0, 0.05) is 6.04 Å². The highest BCUT2D eigenvalue weighted by molar-refractivity contribution is 5.21. The van der Waals surface area contributed by atoms with Crippen LogP contribution in [0, 0.1) is 5.82 Å². The molecule has 1 heterocycles. The minimum absolute atomic E-state index is 0.111. The first-order chi connectivity index (χ1) is 7.81. The molecule has 0 aromatic heterocycles. The number of benzene rings is 1. The summed E-state index contributed by atoms with van der Waals surface area (Å²) in [5.41, 5.74) is 1.15. The fourth-order valence-corrected chi connectivity index (χ4v) is 2.55. The second-order valence-electron chi connectivity index (χ2n) is 4.60. The third-order valence-electron chi connectivity index (χ3n) is 3.40. The molecule has 1 aliphatic heterocycles. The van der Waals surface area contributed by atoms with Crippen LogP contribution < -0.4 is 0 Å². The van der Waals surface area contributed by atoms with Gasteiger partial charge < -0.3 is 0 Å². The van der Waals surface area contributed by atoms with E-state index in [-0.39, 0.29) is 5.82 Å². The van der Waals surface area contributed by atoms with Gasteiger partial charge in [0.25, 0.3) is 0 Å². The van der Waals surface area contributed by atoms with Crippen LogP contribution >= 0.6 is 0 Å². The Morgan fingerprint density at radius 2 is 2.31 bits per heavy atom. The lowest BCUT2D eigenvalue weighted by atomic mass is 10.0. The zero-order valence-corrected chi connectivity index (χ0v) is 9.95. The SMILES string of the molecule is CCCCN1CCCC1c1cccc(F)c1. The number of rotatable bonds is 4. The van der Waals surface area contributed by atoms with Crippen LogP contribution in [0.15, 0.2) is 24.3 Å². The molecule has 2 rings (SSSR count). The molecule has 1 aromatic rings. The first-order valence-electron chi connectivity index (χ1n) is 6.31. The summed E-state index contributed by atoms with van der Waals surface area (Å²) in [7, 11) is 0. The Morgan fingerprint density at radius 1 is 1.44 bits per heavy atom. The van der Waals surface area contributed by atoms with Crippen LogP contribution in [0.5, 0.6) is 0 Å². The summed E-state index contributed by atoms with van der Waals surface area (Å²) in [5, 5.41) is 0. The number of nitrogens with zero attached hydrogens (tertiary/aromatic N) is 1. The molecule has 1 atom stereocenters. The van der Waals surface area contributed by atoms with Crippen LogP contribution in [0.1, 0.15) is 44.2 Å². The van der Waals surface area contributed by atoms with Crippen LogP contribution in [-0.4, -0.2) is 18.0 Å². The molecule has 2 heteroatoms. The van der Waals surface area contributed by atoms with E-state index in [0.717, 1.165) is 12.1 Å². The van der Waals surface area contributed by atoms with Gasteiger partial charge in [-0.2, -0.15) is 0 Å². The summed E-state index contributed by atoms with van der Waals surface area (Å²) in [6.45, 7) is 4.53. The third-order valence-corrected chi connectivity index (χ3v) is 3.40. The Balaban J connectivity index is 2.07. The van der Waals surface area contributed by atoms with Crippen LogP contribution in [-0.2, 0) is 0 Å². The van der Waals surface area contributed by atoms with Crippen molar-refractivity contribution in [2.75, 3.05) is 13.1 Å². The molecule has 1 saturated heterocycles. The Labute approximate surface area is 97.3 Å². The highest BCUT2D eigenvalue weighted by Crippen LogP contribution is 2.32. The first-order valence-corrected chi connectivity index (χ1v) is 6.31. The summed E-state index contributed by atoms with van der Waals surface area (Å²) >= 11 is 0. The lowest BCUT2D eigenvalue weighted by molar-refractivity contribution is 0.253. The average molecular weight is 221 g/mol. The standard InChI is InChI=1S/C14H20FN/c1-2-3-9-16-10-5-8-14(16)12-6-4-7-13(15)11-12/h4,6-7,11,14H,2-3,5,8-10H2,1H3. The van der Waals surface area contributed by atoms with Crippen LogP contribution in [0.3, 0.4) is 0 Å². The average Bonchev–Trinajstić information content (AvgIpc) is 2.74. The van der Waals surface area contributed by atoms with Crippen molar-refractivity contribution in [3.63, 3.8) is 0 Å². The molecule has 16 heavy (non-hydrogen) atoms. The normalized spacial score (nSPS) is 21.5. The molecule has 1 unspecified atom stereocenters. The monoisotopic (exact) mass is 221 g/mol. The van der Waals surface area contributed by atoms with Gasteiger partial charge in [-0.05, 0) is 50.0 Å². The minimum atomic E-state index is -0.111. The van der Waals surface area contributed by atoms with Gasteiger partial charge in [-0.3, -0.25) is 4.90 Å². The molecular weight excluding hydrogens is 201 g/mol. The number of hydrogen-bond donors (Lipinski definition) is 0. The maximum atomic E-state index is 13.2. The summed E-state index contributed by atoms with van der Waals surface area (Å²) in [6.07, 6.45) is 4.89. The highest BCUT2D eigenvalue weighted by Gasteiger charge is 2.25. The lowest BCUT2D eigenvalue weighted by Gasteiger charge is -2.24. The maximum absolute atomic E-state index is 13.2. The van der Waals surface area contributed by atoms with E-state index in [4.69, 9.17) is 0 Å². The first kappa shape index (κ1) is 11.6. The van der Waals surface area contributed by atoms with Crippen molar-refractivity contribution < 1.29 is 4.39 Å². The van der Waals surface area contributed by atoms with Gasteiger partial charge in [0.1, 0.15) is 5.82 Å². The Bertz CT molecular complexity index is 337. The molecule has 1 aromatic carbocycles. The molecule has 88 valence electrons. The Hall–Kier alpha value is -0.890. The van der Waals surface area contributed by atoms with Gasteiger partial charge in [0.15, 0.2) is 0 Å². The number of unbranched alkanes of at least 4 members (excludes halogenated alkanes) is 1. The Kier molecular flexibility index (Phi) is 3.94. The van der Waals surface area contributed by atoms with Gasteiger partial charge in [0.2, 0.25) is 0 Å². The van der Waals surface area contributed by atoms with E-state index < -0.39 is 0 Å². The van der Waals surface area contributed by atoms with Crippen molar-refractivity contribution in [1.82, 2.24) is 4.90 Å². The van der Waals surface area contributed by atoms with Crippen molar-refractivity contribution in [2.24, 2.45) is 0 Å². The van der Waals surface area contributed by atoms with Gasteiger partial charge in [0.05, 0.1) is 0 Å². The molecule has 0 spiro atoms. The van der Waals surface area contributed by atoms with E-state index in [2.05, 4.69) is 17.9 Å². The number of halogens is 1. The van der Waals surface area contributed by atoms with Gasteiger partial charge in [-0.1, -0.05) is 25.5 Å². The van der Waals surface area contributed by atoms with Crippen molar-refractivity contribution >= 4 is 0 Å². The summed E-state index contributed by atoms with van der Waals surface area (Å²) in [5.74, 6) is -0.111. The second-order valence-corrected chi connectivity index (χ2v) is 4.60. The zero-order chi connectivity index (χ0) is 11.4. The molecule has 0 radical (unpaired) electrons. The molecular formula is C14H20FN. The van der Waals surface area contributed by atoms with E-state index in [1.165, 1.54) is 38.3 Å². The van der Waals surface area contributed by atoms with Crippen molar-refractivity contribution in [3.8, 4) is 0 Å². The fraction of sp³-hybridized carbons (Fsp3) is 0.571. The lowest BCUT2D eigenvalue weighted by Crippen LogP contribution is -2.24. The van der Waals surface area contributed by atoms with Gasteiger partial charge in [-0.15, -0.1) is 0 Å². The quantitative estimate of drug-likeness (QED) is 0.748. The highest BCUT2D eigenvalue weighted by atomic mass is 19.1. The fourth-order valence-electron chi connectivity index (χ4n) is 2.55. The van der Waals surface area contributed by atoms with Crippen molar-refractivity contribution in [2.45, 2.75) is 38.6 Å². The largest absolute Gasteiger partial charge is 0.296 e. The summed E-state index contributed by atoms with van der Waals surface area (Å²) in [4.78, 5) is 2.50. The molecule has 0 bridgehead atoms. The van der Waals surface area contributed by atoms with E-state index in [0.29, 0.717) is 6.04 Å². The molecule has 0 aliphatic carbocycles. The maximum Gasteiger partial charge on any atom is 0.123 e. The molecule has 0 saturated carbocycles. The molecule has 0 N–H and O–H groups in total. The van der Waals surface area contributed by atoms with Crippen LogP contribution in [0.4, 0.5) is 4.39 Å². The molecule has 1 aliphatic rings. The Morgan fingerprint density at radius 3 is 3.06 bits per heavy atom. The molecule has 0 amide bonds. The van der Waals surface area contributed by atoms with Crippen LogP contribution in [0.2, 0.25) is 0 Å².